The molecule has 3 aromatic rings. The van der Waals surface area contributed by atoms with Gasteiger partial charge in [0.2, 0.25) is 5.88 Å². The first-order chi connectivity index (χ1) is 13.2. The molecule has 136 valence electrons. The monoisotopic (exact) mass is 361 g/mol. The predicted octanol–water partition coefficient (Wildman–Crippen LogP) is 3.84. The quantitative estimate of drug-likeness (QED) is 0.722. The van der Waals surface area contributed by atoms with Gasteiger partial charge in [-0.25, -0.2) is 4.98 Å². The minimum atomic E-state index is -0.0416. The second kappa shape index (κ2) is 7.45. The van der Waals surface area contributed by atoms with Gasteiger partial charge in [0.05, 0.1) is 7.11 Å². The van der Waals surface area contributed by atoms with E-state index in [1.54, 1.807) is 37.6 Å². The van der Waals surface area contributed by atoms with Crippen LogP contribution in [0.15, 0.2) is 60.8 Å². The molecule has 0 atom stereocenters. The van der Waals surface area contributed by atoms with E-state index in [0.29, 0.717) is 34.8 Å². The van der Waals surface area contributed by atoms with E-state index >= 15 is 0 Å². The fourth-order valence-corrected chi connectivity index (χ4v) is 2.59. The Kier molecular flexibility index (Phi) is 4.70. The van der Waals surface area contributed by atoms with Gasteiger partial charge in [0.25, 0.3) is 5.91 Å². The van der Waals surface area contributed by atoms with Gasteiger partial charge in [-0.3, -0.25) is 4.79 Å². The van der Waals surface area contributed by atoms with Crippen LogP contribution in [-0.4, -0.2) is 29.0 Å². The average molecular weight is 361 g/mol. The molecule has 0 unspecified atom stereocenters. The summed E-state index contributed by atoms with van der Waals surface area (Å²) in [5.74, 6) is 2.27. The van der Waals surface area contributed by atoms with E-state index in [0.717, 1.165) is 18.4 Å². The van der Waals surface area contributed by atoms with Crippen LogP contribution in [0.4, 0.5) is 0 Å². The molecule has 0 bridgehead atoms. The van der Waals surface area contributed by atoms with Crippen molar-refractivity contribution in [2.45, 2.75) is 18.9 Å². The Labute approximate surface area is 157 Å². The molecule has 1 aliphatic carbocycles. The Morgan fingerprint density at radius 2 is 1.85 bits per heavy atom. The molecule has 27 heavy (non-hydrogen) atoms. The standard InChI is InChI=1S/C21H19N3O3/c1-26-17-3-2-4-18(13-17)27-19-11-12-22-20(24-19)14-5-7-15(8-6-14)21(25)23-16-9-10-16/h2-8,11-13,16H,9-10H2,1H3,(H,23,25). The molecule has 1 heterocycles. The highest BCUT2D eigenvalue weighted by Gasteiger charge is 2.23. The minimum Gasteiger partial charge on any atom is -0.497 e. The van der Waals surface area contributed by atoms with Crippen LogP contribution in [0.25, 0.3) is 11.4 Å². The van der Waals surface area contributed by atoms with Gasteiger partial charge in [-0.05, 0) is 37.1 Å². The number of methoxy groups -OCH3 is 1. The fourth-order valence-electron chi connectivity index (χ4n) is 2.59. The zero-order chi connectivity index (χ0) is 18.6. The zero-order valence-electron chi connectivity index (χ0n) is 14.9. The van der Waals surface area contributed by atoms with Crippen LogP contribution in [0.2, 0.25) is 0 Å². The Hall–Kier alpha value is -3.41. The van der Waals surface area contributed by atoms with E-state index in [2.05, 4.69) is 15.3 Å². The lowest BCUT2D eigenvalue weighted by molar-refractivity contribution is 0.0951. The molecule has 1 N–H and O–H groups in total. The topological polar surface area (TPSA) is 73.3 Å². The molecule has 1 saturated carbocycles. The third-order valence-corrected chi connectivity index (χ3v) is 4.21. The summed E-state index contributed by atoms with van der Waals surface area (Å²) in [6.45, 7) is 0. The minimum absolute atomic E-state index is 0.0416. The Morgan fingerprint density at radius 3 is 2.59 bits per heavy atom. The number of ether oxygens (including phenoxy) is 2. The third kappa shape index (κ3) is 4.23. The summed E-state index contributed by atoms with van der Waals surface area (Å²) in [7, 11) is 1.61. The molecule has 1 amide bonds. The number of nitrogens with one attached hydrogen (secondary N) is 1. The molecular formula is C21H19N3O3. The van der Waals surface area contributed by atoms with Gasteiger partial charge >= 0.3 is 0 Å². The van der Waals surface area contributed by atoms with E-state index in [9.17, 15) is 4.79 Å². The largest absolute Gasteiger partial charge is 0.497 e. The number of amides is 1. The number of nitrogens with zero attached hydrogens (tertiary/aromatic N) is 2. The molecule has 1 aliphatic rings. The first-order valence-corrected chi connectivity index (χ1v) is 8.77. The highest BCUT2D eigenvalue weighted by molar-refractivity contribution is 5.94. The van der Waals surface area contributed by atoms with Crippen molar-refractivity contribution in [2.75, 3.05) is 7.11 Å². The molecule has 6 nitrogen and oxygen atoms in total. The van der Waals surface area contributed by atoms with E-state index in [1.807, 2.05) is 30.3 Å². The lowest BCUT2D eigenvalue weighted by Gasteiger charge is -2.08. The highest BCUT2D eigenvalue weighted by atomic mass is 16.5. The summed E-state index contributed by atoms with van der Waals surface area (Å²) in [4.78, 5) is 20.8. The second-order valence-electron chi connectivity index (χ2n) is 6.32. The van der Waals surface area contributed by atoms with Gasteiger partial charge in [0.15, 0.2) is 5.82 Å². The molecule has 6 heteroatoms. The number of benzene rings is 2. The summed E-state index contributed by atoms with van der Waals surface area (Å²) < 4.78 is 11.0. The van der Waals surface area contributed by atoms with Gasteiger partial charge < -0.3 is 14.8 Å². The summed E-state index contributed by atoms with van der Waals surface area (Å²) in [6.07, 6.45) is 3.78. The molecule has 0 saturated heterocycles. The molecule has 0 radical (unpaired) electrons. The van der Waals surface area contributed by atoms with E-state index in [-0.39, 0.29) is 5.91 Å². The Balaban J connectivity index is 1.50. The first kappa shape index (κ1) is 17.0. The molecule has 2 aromatic carbocycles. The molecule has 0 spiro atoms. The number of carbonyl (C=O) groups is 1. The van der Waals surface area contributed by atoms with Crippen molar-refractivity contribution in [2.24, 2.45) is 0 Å². The van der Waals surface area contributed by atoms with Crippen LogP contribution in [0.1, 0.15) is 23.2 Å². The lowest BCUT2D eigenvalue weighted by atomic mass is 10.1. The maximum Gasteiger partial charge on any atom is 0.251 e. The van der Waals surface area contributed by atoms with Crippen molar-refractivity contribution in [1.82, 2.24) is 15.3 Å². The van der Waals surface area contributed by atoms with Gasteiger partial charge in [-0.2, -0.15) is 4.98 Å². The first-order valence-electron chi connectivity index (χ1n) is 8.77. The van der Waals surface area contributed by atoms with Gasteiger partial charge in [0.1, 0.15) is 11.5 Å². The predicted molar refractivity (Wildman–Crippen MR) is 101 cm³/mol. The number of rotatable bonds is 6. The van der Waals surface area contributed by atoms with Crippen molar-refractivity contribution >= 4 is 5.91 Å². The summed E-state index contributed by atoms with van der Waals surface area (Å²) in [5, 5.41) is 2.97. The van der Waals surface area contributed by atoms with E-state index in [4.69, 9.17) is 9.47 Å². The molecule has 4 rings (SSSR count). The maximum absolute atomic E-state index is 12.1. The average Bonchev–Trinajstić information content (AvgIpc) is 3.52. The van der Waals surface area contributed by atoms with Crippen LogP contribution < -0.4 is 14.8 Å². The van der Waals surface area contributed by atoms with Crippen molar-refractivity contribution in [3.05, 3.63) is 66.4 Å². The summed E-state index contributed by atoms with van der Waals surface area (Å²) in [5.41, 5.74) is 1.45. The SMILES string of the molecule is COc1cccc(Oc2ccnc(-c3ccc(C(=O)NC4CC4)cc3)n2)c1. The highest BCUT2D eigenvalue weighted by Crippen LogP contribution is 2.25. The second-order valence-corrected chi connectivity index (χ2v) is 6.32. The Morgan fingerprint density at radius 1 is 1.07 bits per heavy atom. The van der Waals surface area contributed by atoms with Gasteiger partial charge in [-0.1, -0.05) is 18.2 Å². The third-order valence-electron chi connectivity index (χ3n) is 4.21. The lowest BCUT2D eigenvalue weighted by Crippen LogP contribution is -2.25. The van der Waals surface area contributed by atoms with Crippen LogP contribution in [0.3, 0.4) is 0 Å². The number of aromatic nitrogens is 2. The van der Waals surface area contributed by atoms with Gasteiger partial charge in [0, 0.05) is 35.5 Å². The fraction of sp³-hybridized carbons (Fsp3) is 0.190. The smallest absolute Gasteiger partial charge is 0.251 e. The molecule has 0 aliphatic heterocycles. The van der Waals surface area contributed by atoms with Gasteiger partial charge in [-0.15, -0.1) is 0 Å². The summed E-state index contributed by atoms with van der Waals surface area (Å²) in [6, 6.07) is 16.6. The van der Waals surface area contributed by atoms with Crippen molar-refractivity contribution in [1.29, 1.82) is 0 Å². The summed E-state index contributed by atoms with van der Waals surface area (Å²) >= 11 is 0. The van der Waals surface area contributed by atoms with Crippen molar-refractivity contribution < 1.29 is 14.3 Å². The van der Waals surface area contributed by atoms with E-state index < -0.39 is 0 Å². The van der Waals surface area contributed by atoms with Crippen LogP contribution in [0, 0.1) is 0 Å². The molecule has 1 fully saturated rings. The van der Waals surface area contributed by atoms with Crippen molar-refractivity contribution in [3.63, 3.8) is 0 Å². The van der Waals surface area contributed by atoms with Crippen molar-refractivity contribution in [3.8, 4) is 28.8 Å². The molecular weight excluding hydrogens is 342 g/mol. The van der Waals surface area contributed by atoms with Crippen LogP contribution >= 0.6 is 0 Å². The number of hydrogen-bond donors (Lipinski definition) is 1. The zero-order valence-corrected chi connectivity index (χ0v) is 14.9. The normalized spacial score (nSPS) is 13.1. The molecule has 1 aromatic heterocycles. The number of hydrogen-bond acceptors (Lipinski definition) is 5. The van der Waals surface area contributed by atoms with Crippen LogP contribution in [-0.2, 0) is 0 Å². The Bertz CT molecular complexity index is 953. The maximum atomic E-state index is 12.1. The number of carbonyl (C=O) groups excluding carboxylic acids is 1. The van der Waals surface area contributed by atoms with Crippen LogP contribution in [0.5, 0.6) is 17.4 Å². The van der Waals surface area contributed by atoms with E-state index in [1.165, 1.54) is 0 Å².